The van der Waals surface area contributed by atoms with Crippen molar-refractivity contribution < 1.29 is 23.1 Å². The minimum atomic E-state index is -3.31. The molecular weight excluding hydrogens is 257 g/mol. The molecule has 19 heavy (non-hydrogen) atoms. The number of aryl methyl sites for hydroxylation is 2. The normalized spacial score (nSPS) is 12.6. The first-order chi connectivity index (χ1) is 8.47. The highest BCUT2D eigenvalue weighted by Gasteiger charge is 2.42. The van der Waals surface area contributed by atoms with E-state index in [4.69, 9.17) is 5.11 Å². The quantitative estimate of drug-likeness (QED) is 0.899. The molecule has 0 unspecified atom stereocenters. The fourth-order valence-corrected chi connectivity index (χ4v) is 1.89. The first-order valence-corrected chi connectivity index (χ1v) is 5.86. The van der Waals surface area contributed by atoms with Gasteiger partial charge >= 0.3 is 5.97 Å². The van der Waals surface area contributed by atoms with Crippen LogP contribution in [-0.2, 0) is 10.7 Å². The maximum Gasteiger partial charge on any atom is 0.309 e. The third kappa shape index (κ3) is 3.28. The largest absolute Gasteiger partial charge is 0.481 e. The molecule has 1 aromatic rings. The lowest BCUT2D eigenvalue weighted by atomic mass is 9.83. The number of benzene rings is 1. The number of rotatable bonds is 4. The van der Waals surface area contributed by atoms with Crippen molar-refractivity contribution >= 4 is 5.97 Å². The topological polar surface area (TPSA) is 37.3 Å². The summed E-state index contributed by atoms with van der Waals surface area (Å²) in [7, 11) is 0. The van der Waals surface area contributed by atoms with E-state index >= 15 is 0 Å². The fourth-order valence-electron chi connectivity index (χ4n) is 1.89. The number of alkyl halides is 2. The Morgan fingerprint density at radius 2 is 1.63 bits per heavy atom. The summed E-state index contributed by atoms with van der Waals surface area (Å²) < 4.78 is 41.7. The Kier molecular flexibility index (Phi) is 3.98. The number of halogens is 3. The van der Waals surface area contributed by atoms with Crippen LogP contribution in [0.2, 0.25) is 0 Å². The van der Waals surface area contributed by atoms with Gasteiger partial charge in [-0.25, -0.2) is 13.2 Å². The van der Waals surface area contributed by atoms with E-state index in [1.807, 2.05) is 0 Å². The van der Waals surface area contributed by atoms with E-state index in [9.17, 15) is 18.0 Å². The summed E-state index contributed by atoms with van der Waals surface area (Å²) in [5, 5.41) is 8.91. The maximum atomic E-state index is 14.1. The van der Waals surface area contributed by atoms with Crippen molar-refractivity contribution in [2.24, 2.45) is 5.41 Å². The lowest BCUT2D eigenvalue weighted by Crippen LogP contribution is -2.31. The van der Waals surface area contributed by atoms with Crippen LogP contribution >= 0.6 is 0 Å². The standard InChI is InChI=1S/C14H17F3O2/c1-8-5-10(6-9(2)11(8)15)14(16,17)7-13(3,4)12(18)19/h5-6H,7H2,1-4H3,(H,18,19). The van der Waals surface area contributed by atoms with Crippen molar-refractivity contribution in [2.45, 2.75) is 40.0 Å². The average molecular weight is 274 g/mol. The molecule has 0 heterocycles. The number of carbonyl (C=O) groups is 1. The van der Waals surface area contributed by atoms with Gasteiger partial charge in [-0.05, 0) is 51.0 Å². The molecule has 0 saturated heterocycles. The summed E-state index contributed by atoms with van der Waals surface area (Å²) in [4.78, 5) is 10.9. The van der Waals surface area contributed by atoms with Crippen molar-refractivity contribution in [3.05, 3.63) is 34.6 Å². The van der Waals surface area contributed by atoms with Gasteiger partial charge in [-0.2, -0.15) is 0 Å². The lowest BCUT2D eigenvalue weighted by molar-refractivity contribution is -0.153. The molecule has 0 amide bonds. The monoisotopic (exact) mass is 274 g/mol. The Balaban J connectivity index is 3.17. The molecule has 0 atom stereocenters. The van der Waals surface area contributed by atoms with E-state index in [1.165, 1.54) is 27.7 Å². The van der Waals surface area contributed by atoms with Gasteiger partial charge in [0.15, 0.2) is 0 Å². The van der Waals surface area contributed by atoms with Crippen molar-refractivity contribution in [3.8, 4) is 0 Å². The highest BCUT2D eigenvalue weighted by Crippen LogP contribution is 2.40. The van der Waals surface area contributed by atoms with Gasteiger partial charge in [0.25, 0.3) is 5.92 Å². The molecular formula is C14H17F3O2. The van der Waals surface area contributed by atoms with Crippen molar-refractivity contribution in [2.75, 3.05) is 0 Å². The van der Waals surface area contributed by atoms with Gasteiger partial charge in [0.1, 0.15) is 5.82 Å². The second kappa shape index (κ2) is 4.87. The van der Waals surface area contributed by atoms with Gasteiger partial charge in [0.05, 0.1) is 5.41 Å². The minimum absolute atomic E-state index is 0.128. The summed E-state index contributed by atoms with van der Waals surface area (Å²) in [5.74, 6) is -5.12. The smallest absolute Gasteiger partial charge is 0.309 e. The molecule has 0 spiro atoms. The van der Waals surface area contributed by atoms with Crippen LogP contribution < -0.4 is 0 Å². The number of hydrogen-bond acceptors (Lipinski definition) is 1. The Hall–Kier alpha value is -1.52. The molecule has 1 rings (SSSR count). The predicted molar refractivity (Wildman–Crippen MR) is 65.8 cm³/mol. The summed E-state index contributed by atoms with van der Waals surface area (Å²) in [5.41, 5.74) is -1.65. The van der Waals surface area contributed by atoms with Crippen molar-refractivity contribution in [1.29, 1.82) is 0 Å². The molecule has 5 heteroatoms. The third-order valence-corrected chi connectivity index (χ3v) is 3.10. The Morgan fingerprint density at radius 1 is 1.21 bits per heavy atom. The molecule has 0 radical (unpaired) electrons. The maximum absolute atomic E-state index is 14.1. The van der Waals surface area contributed by atoms with Gasteiger partial charge in [-0.15, -0.1) is 0 Å². The van der Waals surface area contributed by atoms with Crippen LogP contribution in [0.4, 0.5) is 13.2 Å². The van der Waals surface area contributed by atoms with Crippen LogP contribution in [0.15, 0.2) is 12.1 Å². The fraction of sp³-hybridized carbons (Fsp3) is 0.500. The average Bonchev–Trinajstić information content (AvgIpc) is 2.23. The molecule has 1 N–H and O–H groups in total. The van der Waals surface area contributed by atoms with Crippen LogP contribution in [0, 0.1) is 25.1 Å². The second-order valence-corrected chi connectivity index (χ2v) is 5.49. The molecule has 1 aromatic carbocycles. The molecule has 0 aliphatic heterocycles. The molecule has 0 aliphatic carbocycles. The lowest BCUT2D eigenvalue weighted by Gasteiger charge is -2.26. The SMILES string of the molecule is Cc1cc(C(F)(F)CC(C)(C)C(=O)O)cc(C)c1F. The van der Waals surface area contributed by atoms with E-state index in [0.29, 0.717) is 0 Å². The Labute approximate surface area is 110 Å². The number of aliphatic carboxylic acids is 1. The molecule has 0 aliphatic rings. The zero-order chi connectivity index (χ0) is 15.0. The van der Waals surface area contributed by atoms with Crippen LogP contribution in [0.5, 0.6) is 0 Å². The van der Waals surface area contributed by atoms with E-state index in [1.54, 1.807) is 0 Å². The van der Waals surface area contributed by atoms with Gasteiger partial charge in [0, 0.05) is 12.0 Å². The van der Waals surface area contributed by atoms with Gasteiger partial charge < -0.3 is 5.11 Å². The van der Waals surface area contributed by atoms with Gasteiger partial charge in [0.2, 0.25) is 0 Å². The number of carboxylic acid groups (broad SMARTS) is 1. The van der Waals surface area contributed by atoms with Crippen LogP contribution in [0.1, 0.15) is 37.0 Å². The van der Waals surface area contributed by atoms with E-state index in [2.05, 4.69) is 0 Å². The van der Waals surface area contributed by atoms with Crippen LogP contribution in [-0.4, -0.2) is 11.1 Å². The first kappa shape index (κ1) is 15.5. The zero-order valence-electron chi connectivity index (χ0n) is 11.4. The molecule has 0 fully saturated rings. The molecule has 0 saturated carbocycles. The third-order valence-electron chi connectivity index (χ3n) is 3.10. The predicted octanol–water partition coefficient (Wildman–Crippen LogP) is 4.04. The van der Waals surface area contributed by atoms with E-state index in [0.717, 1.165) is 12.1 Å². The highest BCUT2D eigenvalue weighted by atomic mass is 19.3. The van der Waals surface area contributed by atoms with E-state index < -0.39 is 29.5 Å². The highest BCUT2D eigenvalue weighted by molar-refractivity contribution is 5.73. The van der Waals surface area contributed by atoms with Crippen molar-refractivity contribution in [1.82, 2.24) is 0 Å². The Bertz CT molecular complexity index is 484. The van der Waals surface area contributed by atoms with Gasteiger partial charge in [-0.1, -0.05) is 0 Å². The summed E-state index contributed by atoms with van der Waals surface area (Å²) in [6.07, 6.45) is -0.833. The first-order valence-electron chi connectivity index (χ1n) is 5.86. The summed E-state index contributed by atoms with van der Waals surface area (Å²) in [6, 6.07) is 2.14. The molecule has 0 bridgehead atoms. The minimum Gasteiger partial charge on any atom is -0.481 e. The van der Waals surface area contributed by atoms with Crippen LogP contribution in [0.3, 0.4) is 0 Å². The zero-order valence-corrected chi connectivity index (χ0v) is 11.4. The molecule has 0 aromatic heterocycles. The van der Waals surface area contributed by atoms with E-state index in [-0.39, 0.29) is 16.7 Å². The summed E-state index contributed by atoms with van der Waals surface area (Å²) in [6.45, 7) is 5.30. The number of hydrogen-bond donors (Lipinski definition) is 1. The second-order valence-electron chi connectivity index (χ2n) is 5.49. The number of carboxylic acids is 1. The molecule has 106 valence electrons. The Morgan fingerprint density at radius 3 is 2.00 bits per heavy atom. The molecule has 2 nitrogen and oxygen atoms in total. The van der Waals surface area contributed by atoms with Crippen molar-refractivity contribution in [3.63, 3.8) is 0 Å². The van der Waals surface area contributed by atoms with Gasteiger partial charge in [-0.3, -0.25) is 4.79 Å². The van der Waals surface area contributed by atoms with Crippen LogP contribution in [0.25, 0.3) is 0 Å². The summed E-state index contributed by atoms with van der Waals surface area (Å²) >= 11 is 0.